The topological polar surface area (TPSA) is 71.0 Å². The molecular weight excluding hydrogens is 340 g/mol. The number of para-hydroxylation sites is 1. The maximum Gasteiger partial charge on any atom is 0.349 e. The molecule has 6 nitrogen and oxygen atoms in total. The Bertz CT molecular complexity index is 1190. The van der Waals surface area contributed by atoms with Gasteiger partial charge in [-0.05, 0) is 55.6 Å². The van der Waals surface area contributed by atoms with Crippen molar-refractivity contribution >= 4 is 16.6 Å². The van der Waals surface area contributed by atoms with E-state index in [9.17, 15) is 9.59 Å². The quantitative estimate of drug-likeness (QED) is 0.568. The molecular formula is C21H20N4O2. The molecule has 0 aliphatic carbocycles. The molecule has 0 aromatic heterocycles. The van der Waals surface area contributed by atoms with Gasteiger partial charge in [-0.1, -0.05) is 18.2 Å². The summed E-state index contributed by atoms with van der Waals surface area (Å²) in [6, 6.07) is 17.6. The molecule has 6 heteroatoms. The van der Waals surface area contributed by atoms with Gasteiger partial charge in [0.2, 0.25) is 0 Å². The number of rotatable bonds is 4. The van der Waals surface area contributed by atoms with Crippen LogP contribution in [0.15, 0.2) is 64.2 Å². The Morgan fingerprint density at radius 2 is 1.70 bits per heavy atom. The third-order valence-electron chi connectivity index (χ3n) is 4.84. The fourth-order valence-corrected chi connectivity index (χ4v) is 3.50. The molecule has 1 N–H and O–H groups in total. The van der Waals surface area contributed by atoms with E-state index in [-0.39, 0.29) is 0 Å². The molecule has 136 valence electrons. The highest BCUT2D eigenvalue weighted by molar-refractivity contribution is 5.87. The van der Waals surface area contributed by atoms with Gasteiger partial charge in [-0.3, -0.25) is 14.3 Å². The van der Waals surface area contributed by atoms with Crippen molar-refractivity contribution in [3.05, 3.63) is 75.4 Å². The van der Waals surface area contributed by atoms with E-state index >= 15 is 0 Å². The van der Waals surface area contributed by atoms with Crippen LogP contribution in [-0.4, -0.2) is 27.6 Å². The lowest BCUT2D eigenvalue weighted by molar-refractivity contribution is 0.865. The minimum Gasteiger partial charge on any atom is -0.372 e. The van der Waals surface area contributed by atoms with Crippen LogP contribution in [0.3, 0.4) is 0 Å². The first-order chi connectivity index (χ1) is 13.1. The van der Waals surface area contributed by atoms with Crippen LogP contribution in [-0.2, 0) is 0 Å². The van der Waals surface area contributed by atoms with E-state index < -0.39 is 11.2 Å². The Balaban J connectivity index is 2.02. The minimum absolute atomic E-state index is 0.359. The van der Waals surface area contributed by atoms with Crippen LogP contribution in [0.25, 0.3) is 28.0 Å². The first kappa shape index (κ1) is 17.0. The van der Waals surface area contributed by atoms with Gasteiger partial charge in [0.15, 0.2) is 5.82 Å². The molecule has 0 spiro atoms. The number of H-pyrrole nitrogens is 1. The summed E-state index contributed by atoms with van der Waals surface area (Å²) in [5.74, 6) is 0.359. The van der Waals surface area contributed by atoms with Gasteiger partial charge in [0.25, 0.3) is 5.56 Å². The smallest absolute Gasteiger partial charge is 0.349 e. The van der Waals surface area contributed by atoms with E-state index in [1.165, 1.54) is 0 Å². The standard InChI is InChI=1S/C21H20N4O2/c1-3-24(4-2)15-9-11-16(12-10-15)25-18-8-6-5-7-14(18)13-17-19(25)22-21(27)23-20(17)26/h5-13H,3-4H2,1-2H3,(H,23,26,27). The number of anilines is 1. The zero-order valence-corrected chi connectivity index (χ0v) is 15.3. The fraction of sp³-hybridized carbons (Fsp3) is 0.190. The SMILES string of the molecule is CCN(CC)c1ccc(-n2c3nc(=O)[nH]c(=O)c-3cc3ccccc32)cc1. The number of hydrogen-bond donors (Lipinski definition) is 1. The number of aromatic nitrogens is 3. The molecule has 0 amide bonds. The van der Waals surface area contributed by atoms with Crippen LogP contribution in [0.2, 0.25) is 0 Å². The molecule has 2 heterocycles. The van der Waals surface area contributed by atoms with E-state index in [2.05, 4.69) is 28.7 Å². The molecule has 2 aliphatic rings. The van der Waals surface area contributed by atoms with Crippen molar-refractivity contribution < 1.29 is 0 Å². The molecule has 27 heavy (non-hydrogen) atoms. The molecule has 2 aromatic carbocycles. The molecule has 0 atom stereocenters. The highest BCUT2D eigenvalue weighted by Gasteiger charge is 2.18. The number of fused-ring (bicyclic) bond motifs is 2. The van der Waals surface area contributed by atoms with Crippen molar-refractivity contribution in [2.24, 2.45) is 0 Å². The number of pyridine rings is 1. The molecule has 0 fully saturated rings. The maximum absolute atomic E-state index is 12.3. The van der Waals surface area contributed by atoms with Gasteiger partial charge >= 0.3 is 5.69 Å². The Morgan fingerprint density at radius 3 is 2.41 bits per heavy atom. The average Bonchev–Trinajstić information content (AvgIpc) is 2.68. The first-order valence-electron chi connectivity index (χ1n) is 9.02. The zero-order chi connectivity index (χ0) is 19.0. The van der Waals surface area contributed by atoms with Crippen LogP contribution in [0, 0.1) is 0 Å². The highest BCUT2D eigenvalue weighted by atomic mass is 16.2. The van der Waals surface area contributed by atoms with E-state index in [4.69, 9.17) is 0 Å². The third kappa shape index (κ3) is 2.89. The number of nitrogens with zero attached hydrogens (tertiary/aromatic N) is 3. The monoisotopic (exact) mass is 360 g/mol. The fourth-order valence-electron chi connectivity index (χ4n) is 3.50. The van der Waals surface area contributed by atoms with Crippen molar-refractivity contribution in [2.45, 2.75) is 13.8 Å². The van der Waals surface area contributed by atoms with Gasteiger partial charge in [0.05, 0.1) is 11.1 Å². The van der Waals surface area contributed by atoms with Crippen LogP contribution in [0.1, 0.15) is 13.8 Å². The lowest BCUT2D eigenvalue weighted by Crippen LogP contribution is -2.27. The Labute approximate surface area is 156 Å². The van der Waals surface area contributed by atoms with Crippen molar-refractivity contribution in [2.75, 3.05) is 18.0 Å². The summed E-state index contributed by atoms with van der Waals surface area (Å²) in [5, 5.41) is 0.906. The first-order valence-corrected chi connectivity index (χ1v) is 9.02. The minimum atomic E-state index is -0.642. The van der Waals surface area contributed by atoms with Crippen LogP contribution < -0.4 is 16.1 Å². The summed E-state index contributed by atoms with van der Waals surface area (Å²) in [6.07, 6.45) is 0. The van der Waals surface area contributed by atoms with Gasteiger partial charge in [-0.2, -0.15) is 4.98 Å². The Hall–Kier alpha value is -3.41. The Kier molecular flexibility index (Phi) is 4.24. The normalized spacial score (nSPS) is 11.2. The van der Waals surface area contributed by atoms with Crippen molar-refractivity contribution in [3.63, 3.8) is 0 Å². The third-order valence-corrected chi connectivity index (χ3v) is 4.84. The van der Waals surface area contributed by atoms with E-state index in [0.29, 0.717) is 11.4 Å². The molecule has 2 aromatic rings. The lowest BCUT2D eigenvalue weighted by Gasteiger charge is -2.22. The predicted octanol–water partition coefficient (Wildman–Crippen LogP) is 3.03. The maximum atomic E-state index is 12.3. The van der Waals surface area contributed by atoms with Gasteiger partial charge < -0.3 is 4.90 Å². The van der Waals surface area contributed by atoms with E-state index in [1.54, 1.807) is 6.07 Å². The van der Waals surface area contributed by atoms with Crippen molar-refractivity contribution in [1.29, 1.82) is 0 Å². The second kappa shape index (κ2) is 6.72. The van der Waals surface area contributed by atoms with E-state index in [0.717, 1.165) is 35.4 Å². The average molecular weight is 360 g/mol. The van der Waals surface area contributed by atoms with Gasteiger partial charge in [0.1, 0.15) is 0 Å². The molecule has 0 saturated heterocycles. The van der Waals surface area contributed by atoms with Crippen LogP contribution in [0.4, 0.5) is 5.69 Å². The Morgan fingerprint density at radius 1 is 1.00 bits per heavy atom. The molecule has 4 rings (SSSR count). The predicted molar refractivity (Wildman–Crippen MR) is 108 cm³/mol. The second-order valence-corrected chi connectivity index (χ2v) is 6.34. The number of hydrogen-bond acceptors (Lipinski definition) is 4. The lowest BCUT2D eigenvalue weighted by atomic mass is 10.1. The molecule has 0 bridgehead atoms. The summed E-state index contributed by atoms with van der Waals surface area (Å²) in [4.78, 5) is 32.8. The zero-order valence-electron chi connectivity index (χ0n) is 15.3. The van der Waals surface area contributed by atoms with Crippen molar-refractivity contribution in [1.82, 2.24) is 14.5 Å². The molecule has 0 saturated carbocycles. The summed E-state index contributed by atoms with van der Waals surface area (Å²) < 4.78 is 1.87. The molecule has 2 aliphatic heterocycles. The van der Waals surface area contributed by atoms with Crippen LogP contribution >= 0.6 is 0 Å². The largest absolute Gasteiger partial charge is 0.372 e. The van der Waals surface area contributed by atoms with Gasteiger partial charge in [0, 0.05) is 24.5 Å². The van der Waals surface area contributed by atoms with Crippen LogP contribution in [0.5, 0.6) is 0 Å². The van der Waals surface area contributed by atoms with E-state index in [1.807, 2.05) is 53.1 Å². The summed E-state index contributed by atoms with van der Waals surface area (Å²) in [7, 11) is 0. The van der Waals surface area contributed by atoms with Gasteiger partial charge in [-0.15, -0.1) is 0 Å². The van der Waals surface area contributed by atoms with Gasteiger partial charge in [-0.25, -0.2) is 4.79 Å². The molecule has 0 unspecified atom stereocenters. The summed E-state index contributed by atoms with van der Waals surface area (Å²) in [6.45, 7) is 6.10. The number of nitrogens with one attached hydrogen (secondary N) is 1. The number of aromatic amines is 1. The molecule has 0 radical (unpaired) electrons. The second-order valence-electron chi connectivity index (χ2n) is 6.34. The van der Waals surface area contributed by atoms with Crippen molar-refractivity contribution in [3.8, 4) is 17.1 Å². The number of benzene rings is 2. The highest BCUT2D eigenvalue weighted by Crippen LogP contribution is 2.28. The summed E-state index contributed by atoms with van der Waals surface area (Å²) in [5.41, 5.74) is 2.19. The summed E-state index contributed by atoms with van der Waals surface area (Å²) >= 11 is 0.